The van der Waals surface area contributed by atoms with E-state index in [2.05, 4.69) is 50.1 Å². The maximum Gasteiger partial charge on any atom is 0.225 e. The Hall–Kier alpha value is -2.32. The topological polar surface area (TPSA) is 75.9 Å². The van der Waals surface area contributed by atoms with Gasteiger partial charge < -0.3 is 10.2 Å². The number of benzene rings is 1. The van der Waals surface area contributed by atoms with Crippen LogP contribution < -0.4 is 5.32 Å². The maximum atomic E-state index is 13.1. The van der Waals surface area contributed by atoms with Crippen LogP contribution >= 0.6 is 15.9 Å². The molecule has 0 saturated heterocycles. The Kier molecular flexibility index (Phi) is 5.88. The Morgan fingerprint density at radius 3 is 2.83 bits per heavy atom. The molecule has 1 N–H and O–H groups in total. The Morgan fingerprint density at radius 1 is 1.30 bits per heavy atom. The fourth-order valence-corrected chi connectivity index (χ4v) is 4.27. The number of hydrogen-bond donors (Lipinski definition) is 1. The van der Waals surface area contributed by atoms with Gasteiger partial charge in [0.25, 0.3) is 0 Å². The van der Waals surface area contributed by atoms with E-state index in [0.29, 0.717) is 30.5 Å². The lowest BCUT2D eigenvalue weighted by molar-refractivity contribution is -0.118. The summed E-state index contributed by atoms with van der Waals surface area (Å²) >= 11 is 3.55. The monoisotopic (exact) mass is 470 g/mol. The van der Waals surface area contributed by atoms with Crippen molar-refractivity contribution < 1.29 is 4.79 Å². The Bertz CT molecular complexity index is 1090. The minimum absolute atomic E-state index is 0.166. The lowest BCUT2D eigenvalue weighted by atomic mass is 9.95. The van der Waals surface area contributed by atoms with Gasteiger partial charge in [-0.05, 0) is 43.3 Å². The van der Waals surface area contributed by atoms with Gasteiger partial charge in [-0.25, -0.2) is 4.98 Å². The predicted molar refractivity (Wildman–Crippen MR) is 122 cm³/mol. The molecule has 2 aromatic heterocycles. The van der Waals surface area contributed by atoms with Crippen LogP contribution in [0.4, 0.5) is 5.95 Å². The average Bonchev–Trinajstić information content (AvgIpc) is 3.19. The summed E-state index contributed by atoms with van der Waals surface area (Å²) in [5.74, 6) is 0.747. The van der Waals surface area contributed by atoms with Crippen molar-refractivity contribution in [3.63, 3.8) is 0 Å². The number of halogens is 1. The minimum Gasteiger partial charge on any atom is -0.353 e. The van der Waals surface area contributed by atoms with Crippen LogP contribution in [0.25, 0.3) is 11.0 Å². The summed E-state index contributed by atoms with van der Waals surface area (Å²) in [5, 5.41) is 8.83. The molecule has 4 rings (SSSR count). The van der Waals surface area contributed by atoms with Crippen LogP contribution in [-0.4, -0.2) is 57.6 Å². The summed E-state index contributed by atoms with van der Waals surface area (Å²) in [6.07, 6.45) is 2.42. The van der Waals surface area contributed by atoms with E-state index in [-0.39, 0.29) is 5.78 Å². The number of anilines is 1. The van der Waals surface area contributed by atoms with Crippen LogP contribution in [0.1, 0.15) is 36.6 Å². The third-order valence-electron chi connectivity index (χ3n) is 5.23. The number of aromatic nitrogens is 4. The molecule has 158 valence electrons. The van der Waals surface area contributed by atoms with Crippen LogP contribution in [0.15, 0.2) is 28.9 Å². The van der Waals surface area contributed by atoms with Crippen molar-refractivity contribution in [3.8, 4) is 0 Å². The van der Waals surface area contributed by atoms with Crippen LogP contribution in [0.3, 0.4) is 0 Å². The number of carbonyl (C=O) groups is 1. The van der Waals surface area contributed by atoms with E-state index < -0.39 is 5.92 Å². The summed E-state index contributed by atoms with van der Waals surface area (Å²) in [6.45, 7) is 6.67. The van der Waals surface area contributed by atoms with Crippen molar-refractivity contribution in [2.45, 2.75) is 32.7 Å². The Morgan fingerprint density at radius 2 is 2.10 bits per heavy atom. The molecule has 30 heavy (non-hydrogen) atoms. The van der Waals surface area contributed by atoms with E-state index in [4.69, 9.17) is 4.98 Å². The molecule has 0 amide bonds. The smallest absolute Gasteiger partial charge is 0.225 e. The quantitative estimate of drug-likeness (QED) is 0.569. The number of ketones is 1. The Labute approximate surface area is 185 Å². The first-order chi connectivity index (χ1) is 14.3. The summed E-state index contributed by atoms with van der Waals surface area (Å²) < 4.78 is 2.88. The van der Waals surface area contributed by atoms with Gasteiger partial charge in [0.05, 0.1) is 17.0 Å². The summed E-state index contributed by atoms with van der Waals surface area (Å²) in [4.78, 5) is 24.6. The number of carbonyl (C=O) groups excluding carboxylic acids is 1. The van der Waals surface area contributed by atoms with Crippen molar-refractivity contribution in [2.75, 3.05) is 32.5 Å². The zero-order valence-electron chi connectivity index (χ0n) is 17.8. The van der Waals surface area contributed by atoms with Crippen molar-refractivity contribution in [3.05, 3.63) is 45.7 Å². The van der Waals surface area contributed by atoms with Gasteiger partial charge in [-0.15, -0.1) is 0 Å². The van der Waals surface area contributed by atoms with Crippen LogP contribution in [-0.2, 0) is 17.8 Å². The highest BCUT2D eigenvalue weighted by atomic mass is 79.9. The van der Waals surface area contributed by atoms with Crippen LogP contribution in [0.2, 0.25) is 0 Å². The average molecular weight is 471 g/mol. The largest absolute Gasteiger partial charge is 0.353 e. The lowest BCUT2D eigenvalue weighted by Gasteiger charge is -2.14. The van der Waals surface area contributed by atoms with Crippen LogP contribution in [0.5, 0.6) is 0 Å². The number of hydrogen-bond acceptors (Lipinski definition) is 6. The molecule has 0 spiro atoms. The van der Waals surface area contributed by atoms with Gasteiger partial charge in [0, 0.05) is 36.7 Å². The molecule has 0 radical (unpaired) electrons. The van der Waals surface area contributed by atoms with E-state index in [1.807, 2.05) is 43.2 Å². The predicted octanol–water partition coefficient (Wildman–Crippen LogP) is 3.48. The Balaban J connectivity index is 1.81. The molecule has 1 aromatic carbocycles. The fourth-order valence-electron chi connectivity index (χ4n) is 3.89. The van der Waals surface area contributed by atoms with E-state index in [1.54, 1.807) is 0 Å². The lowest BCUT2D eigenvalue weighted by Crippen LogP contribution is -2.22. The van der Waals surface area contributed by atoms with Gasteiger partial charge in [0.15, 0.2) is 11.4 Å². The van der Waals surface area contributed by atoms with E-state index in [9.17, 15) is 4.79 Å². The third-order valence-corrected chi connectivity index (χ3v) is 5.72. The van der Waals surface area contributed by atoms with Gasteiger partial charge in [-0.1, -0.05) is 35.8 Å². The van der Waals surface area contributed by atoms with Crippen molar-refractivity contribution in [1.82, 2.24) is 24.6 Å². The van der Waals surface area contributed by atoms with Gasteiger partial charge in [0.1, 0.15) is 0 Å². The van der Waals surface area contributed by atoms with Crippen molar-refractivity contribution in [1.29, 1.82) is 0 Å². The summed E-state index contributed by atoms with van der Waals surface area (Å²) in [7, 11) is 4.05. The fraction of sp³-hybridized carbons (Fsp3) is 0.455. The van der Waals surface area contributed by atoms with Gasteiger partial charge >= 0.3 is 0 Å². The molecule has 7 nitrogen and oxygen atoms in total. The zero-order chi connectivity index (χ0) is 21.4. The first-order valence-corrected chi connectivity index (χ1v) is 11.1. The second kappa shape index (κ2) is 8.43. The first-order valence-electron chi connectivity index (χ1n) is 10.3. The maximum absolute atomic E-state index is 13.1. The van der Waals surface area contributed by atoms with Crippen LogP contribution in [0, 0.1) is 5.92 Å². The highest BCUT2D eigenvalue weighted by Crippen LogP contribution is 2.39. The molecule has 0 saturated carbocycles. The van der Waals surface area contributed by atoms with Gasteiger partial charge in [-0.3, -0.25) is 9.48 Å². The molecule has 0 aliphatic heterocycles. The number of nitrogens with one attached hydrogen (secondary N) is 1. The molecule has 8 heteroatoms. The molecular formula is C22H27BrN6O. The molecule has 1 unspecified atom stereocenters. The zero-order valence-corrected chi connectivity index (χ0v) is 19.4. The van der Waals surface area contributed by atoms with Gasteiger partial charge in [0.2, 0.25) is 5.95 Å². The molecule has 2 heterocycles. The number of rotatable bonds is 7. The van der Waals surface area contributed by atoms with E-state index in [1.165, 1.54) is 0 Å². The second-order valence-electron chi connectivity index (χ2n) is 8.56. The molecular weight excluding hydrogens is 444 g/mol. The first kappa shape index (κ1) is 20.9. The number of fused-ring (bicyclic) bond motifs is 2. The highest BCUT2D eigenvalue weighted by molar-refractivity contribution is 9.10. The molecule has 1 aliphatic carbocycles. The normalized spacial score (nSPS) is 16.1. The molecule has 3 aromatic rings. The molecule has 0 fully saturated rings. The minimum atomic E-state index is -0.394. The van der Waals surface area contributed by atoms with E-state index >= 15 is 0 Å². The summed E-state index contributed by atoms with van der Waals surface area (Å²) in [5.41, 5.74) is 3.45. The standard InChI is InChI=1S/C22H27BrN6O/c1-13(2)11-29-12-17-20(19-16-10-15(23)6-5-14(16)9-18(19)30)25-22(26-21(17)27-29)24-7-8-28(3)4/h5-6,10,12-13,19H,7-9,11H2,1-4H3,(H,24,26,27). The molecule has 0 bridgehead atoms. The van der Waals surface area contributed by atoms with Crippen molar-refractivity contribution >= 4 is 38.7 Å². The third kappa shape index (κ3) is 4.25. The van der Waals surface area contributed by atoms with Gasteiger partial charge in [-0.2, -0.15) is 10.1 Å². The van der Waals surface area contributed by atoms with Crippen molar-refractivity contribution in [2.24, 2.45) is 5.92 Å². The number of nitrogens with zero attached hydrogens (tertiary/aromatic N) is 5. The number of Topliss-reactive ketones (excluding diaryl/α,β-unsaturated/α-hetero) is 1. The molecule has 1 atom stereocenters. The second-order valence-corrected chi connectivity index (χ2v) is 9.48. The van der Waals surface area contributed by atoms with E-state index in [0.717, 1.165) is 39.8 Å². The number of likely N-dealkylation sites (N-methyl/N-ethyl adjacent to an activating group) is 1. The summed E-state index contributed by atoms with van der Waals surface area (Å²) in [6, 6.07) is 6.05. The molecule has 1 aliphatic rings. The highest BCUT2D eigenvalue weighted by Gasteiger charge is 2.35. The SMILES string of the molecule is CC(C)Cn1cc2c(C3C(=O)Cc4ccc(Br)cc43)nc(NCCN(C)C)nc2n1.